The van der Waals surface area contributed by atoms with Crippen molar-refractivity contribution in [1.82, 2.24) is 0 Å². The van der Waals surface area contributed by atoms with Gasteiger partial charge in [0.15, 0.2) is 0 Å². The van der Waals surface area contributed by atoms with Crippen molar-refractivity contribution in [1.29, 1.82) is 0 Å². The predicted octanol–water partition coefficient (Wildman–Crippen LogP) is 4.09. The summed E-state index contributed by atoms with van der Waals surface area (Å²) < 4.78 is 13.8. The van der Waals surface area contributed by atoms with Gasteiger partial charge in [0.1, 0.15) is 14.6 Å². The first kappa shape index (κ1) is 15.7. The zero-order valence-corrected chi connectivity index (χ0v) is 14.5. The van der Waals surface area contributed by atoms with Gasteiger partial charge in [-0.2, -0.15) is 0 Å². The molecule has 0 fully saturated rings. The van der Waals surface area contributed by atoms with Crippen molar-refractivity contribution in [2.75, 3.05) is 0 Å². The predicted molar refractivity (Wildman–Crippen MR) is 97.5 cm³/mol. The maximum Gasteiger partial charge on any atom is 0.128 e. The van der Waals surface area contributed by atoms with E-state index in [1.165, 1.54) is 10.4 Å². The Morgan fingerprint density at radius 1 is 0.783 bits per heavy atom. The molecule has 1 atom stereocenters. The van der Waals surface area contributed by atoms with E-state index >= 15 is 0 Å². The lowest BCUT2D eigenvalue weighted by molar-refractivity contribution is 0.624. The summed E-state index contributed by atoms with van der Waals surface area (Å²) in [6.07, 6.45) is 0. The zero-order valence-electron chi connectivity index (χ0n) is 13.5. The Morgan fingerprint density at radius 3 is 1.83 bits per heavy atom. The van der Waals surface area contributed by atoms with Crippen LogP contribution in [-0.2, 0) is 0 Å². The molecule has 0 heterocycles. The Hall–Kier alpha value is -2.19. The number of hydrogen-bond acceptors (Lipinski definition) is 0. The first-order valence-electron chi connectivity index (χ1n) is 7.90. The van der Waals surface area contributed by atoms with Crippen LogP contribution in [0.2, 0.25) is 0 Å². The van der Waals surface area contributed by atoms with Crippen molar-refractivity contribution in [3.8, 4) is 0 Å². The van der Waals surface area contributed by atoms with Crippen LogP contribution in [0.5, 0.6) is 0 Å². The molecule has 2 heteroatoms. The minimum atomic E-state index is -1.04. The summed E-state index contributed by atoms with van der Waals surface area (Å²) in [6, 6.07) is 26.4. The fraction of sp³-hybridized carbons (Fsp3) is 0.143. The van der Waals surface area contributed by atoms with Crippen molar-refractivity contribution < 1.29 is 4.39 Å². The Balaban J connectivity index is 2.10. The minimum absolute atomic E-state index is 0.153. The lowest BCUT2D eigenvalue weighted by atomic mass is 10.1. The van der Waals surface area contributed by atoms with Crippen LogP contribution in [0.4, 0.5) is 4.39 Å². The average molecular weight is 319 g/mol. The van der Waals surface area contributed by atoms with E-state index in [-0.39, 0.29) is 5.82 Å². The molecule has 23 heavy (non-hydrogen) atoms. The summed E-state index contributed by atoms with van der Waals surface area (Å²) >= 11 is 0. The van der Waals surface area contributed by atoms with Crippen LogP contribution in [0.3, 0.4) is 0 Å². The van der Waals surface area contributed by atoms with Crippen LogP contribution in [0, 0.1) is 12.7 Å². The molecule has 0 spiro atoms. The monoisotopic (exact) mass is 319 g/mol. The van der Waals surface area contributed by atoms with Gasteiger partial charge in [0.05, 0.1) is 0 Å². The lowest BCUT2D eigenvalue weighted by Gasteiger charge is -2.25. The van der Waals surface area contributed by atoms with E-state index < -0.39 is 8.80 Å². The maximum absolute atomic E-state index is 13.8. The molecule has 0 N–H and O–H groups in total. The fourth-order valence-corrected chi connectivity index (χ4v) is 6.19. The van der Waals surface area contributed by atoms with Crippen molar-refractivity contribution in [3.63, 3.8) is 0 Å². The summed E-state index contributed by atoms with van der Waals surface area (Å²) in [5.41, 5.74) is 2.57. The van der Waals surface area contributed by atoms with Crippen LogP contribution < -0.4 is 10.4 Å². The van der Waals surface area contributed by atoms with Gasteiger partial charge in [-0.05, 0) is 35.7 Å². The molecule has 0 nitrogen and oxygen atoms in total. The molecule has 3 aromatic carbocycles. The van der Waals surface area contributed by atoms with E-state index in [9.17, 15) is 4.39 Å². The number of hydrogen-bond donors (Lipinski definition) is 0. The molecule has 0 amide bonds. The highest BCUT2D eigenvalue weighted by Gasteiger charge is 2.26. The minimum Gasteiger partial charge on any atom is -0.207 e. The van der Waals surface area contributed by atoms with E-state index in [0.29, 0.717) is 5.54 Å². The van der Waals surface area contributed by atoms with E-state index in [0.717, 1.165) is 11.1 Å². The Labute approximate surface area is 139 Å². The Morgan fingerprint density at radius 2 is 1.30 bits per heavy atom. The molecule has 0 aromatic heterocycles. The molecule has 3 aromatic rings. The quantitative estimate of drug-likeness (QED) is 0.636. The summed E-state index contributed by atoms with van der Waals surface area (Å²) in [7, 11) is -1.04. The standard InChI is InChI=1S/C21H20FSi/c1-16-13-14-18(22)15-21(16)17(2)23(19-9-5-3-6-10-19)20-11-7-4-8-12-20/h3-15,17H,1-2H3/t17-/m1/s1. The van der Waals surface area contributed by atoms with Crippen LogP contribution >= 0.6 is 0 Å². The molecule has 115 valence electrons. The fourth-order valence-electron chi connectivity index (χ4n) is 3.14. The van der Waals surface area contributed by atoms with Gasteiger partial charge < -0.3 is 0 Å². The van der Waals surface area contributed by atoms with Gasteiger partial charge in [-0.3, -0.25) is 0 Å². The number of rotatable bonds is 4. The molecule has 0 saturated heterocycles. The SMILES string of the molecule is Cc1ccc(F)cc1[C@@H](C)[Si](c1ccccc1)c1ccccc1. The second-order valence-electron chi connectivity index (χ2n) is 5.87. The van der Waals surface area contributed by atoms with Gasteiger partial charge in [-0.1, -0.05) is 84.0 Å². The van der Waals surface area contributed by atoms with Crippen molar-refractivity contribution in [3.05, 3.63) is 95.8 Å². The molecule has 0 bridgehead atoms. The highest BCUT2D eigenvalue weighted by Crippen LogP contribution is 2.23. The summed E-state index contributed by atoms with van der Waals surface area (Å²) in [4.78, 5) is 0. The second kappa shape index (κ2) is 6.92. The van der Waals surface area contributed by atoms with E-state index in [1.807, 2.05) is 18.2 Å². The second-order valence-corrected chi connectivity index (χ2v) is 8.72. The first-order chi connectivity index (χ1) is 11.2. The normalized spacial score (nSPS) is 12.3. The first-order valence-corrected chi connectivity index (χ1v) is 9.48. The molecular formula is C21H20FSi. The van der Waals surface area contributed by atoms with Crippen LogP contribution in [-0.4, -0.2) is 8.80 Å². The molecular weight excluding hydrogens is 299 g/mol. The third kappa shape index (κ3) is 3.43. The highest BCUT2D eigenvalue weighted by atomic mass is 28.3. The molecule has 3 rings (SSSR count). The van der Waals surface area contributed by atoms with Gasteiger partial charge in [0.25, 0.3) is 0 Å². The van der Waals surface area contributed by atoms with E-state index in [2.05, 4.69) is 62.4 Å². The Bertz CT molecular complexity index is 729. The van der Waals surface area contributed by atoms with Gasteiger partial charge in [0, 0.05) is 0 Å². The van der Waals surface area contributed by atoms with E-state index in [4.69, 9.17) is 0 Å². The number of aryl methyl sites for hydroxylation is 1. The lowest BCUT2D eigenvalue weighted by Crippen LogP contribution is -2.46. The number of halogens is 1. The molecule has 0 aliphatic carbocycles. The zero-order chi connectivity index (χ0) is 16.2. The number of benzene rings is 3. The molecule has 0 aliphatic rings. The largest absolute Gasteiger partial charge is 0.207 e. The molecule has 0 saturated carbocycles. The molecule has 1 radical (unpaired) electrons. The van der Waals surface area contributed by atoms with E-state index in [1.54, 1.807) is 12.1 Å². The molecule has 0 unspecified atom stereocenters. The topological polar surface area (TPSA) is 0 Å². The highest BCUT2D eigenvalue weighted by molar-refractivity contribution is 6.86. The van der Waals surface area contributed by atoms with Crippen molar-refractivity contribution in [2.24, 2.45) is 0 Å². The van der Waals surface area contributed by atoms with Crippen LogP contribution in [0.15, 0.2) is 78.9 Å². The van der Waals surface area contributed by atoms with Crippen molar-refractivity contribution in [2.45, 2.75) is 19.4 Å². The van der Waals surface area contributed by atoms with Crippen molar-refractivity contribution >= 4 is 19.2 Å². The maximum atomic E-state index is 13.8. The van der Waals surface area contributed by atoms with Crippen LogP contribution in [0.25, 0.3) is 0 Å². The van der Waals surface area contributed by atoms with Gasteiger partial charge in [0.2, 0.25) is 0 Å². The van der Waals surface area contributed by atoms with Gasteiger partial charge >= 0.3 is 0 Å². The van der Waals surface area contributed by atoms with Gasteiger partial charge in [-0.25, -0.2) is 4.39 Å². The average Bonchev–Trinajstić information content (AvgIpc) is 2.59. The summed E-state index contributed by atoms with van der Waals surface area (Å²) in [5.74, 6) is -0.153. The summed E-state index contributed by atoms with van der Waals surface area (Å²) in [5, 5.41) is 2.72. The Kier molecular flexibility index (Phi) is 4.72. The molecule has 0 aliphatic heterocycles. The third-order valence-electron chi connectivity index (χ3n) is 4.31. The summed E-state index contributed by atoms with van der Waals surface area (Å²) in [6.45, 7) is 4.30. The van der Waals surface area contributed by atoms with Gasteiger partial charge in [-0.15, -0.1) is 0 Å². The van der Waals surface area contributed by atoms with Crippen LogP contribution in [0.1, 0.15) is 23.6 Å². The third-order valence-corrected chi connectivity index (χ3v) is 7.40. The smallest absolute Gasteiger partial charge is 0.128 e.